The fourth-order valence-electron chi connectivity index (χ4n) is 5.14. The smallest absolute Gasteiger partial charge is 0.257 e. The first-order chi connectivity index (χ1) is 22.0. The summed E-state index contributed by atoms with van der Waals surface area (Å²) in [5.41, 5.74) is 7.07. The molecule has 0 saturated heterocycles. The maximum atomic E-state index is 14.0. The number of rotatable bonds is 11. The summed E-state index contributed by atoms with van der Waals surface area (Å²) in [5.74, 6) is 3.85. The Morgan fingerprint density at radius 1 is 1.15 bits per heavy atom. The number of nitrogens with two attached hydrogens (primary N) is 1. The minimum atomic E-state index is -3.85. The van der Waals surface area contributed by atoms with Crippen LogP contribution in [-0.2, 0) is 34.1 Å². The SMILES string of the molecule is CC(C)(C#Cc1ccc(-c2ccc(Cl)c3c(NS(=O)(=O)C4CC4)nn(CC(F)F)c23)c([C@@H](N)Cc2cc(F)cc(F)c2)n1)CS(=O)O. The Hall–Kier alpha value is -3.55. The molecule has 0 aliphatic heterocycles. The largest absolute Gasteiger partial charge is 0.322 e. The molecule has 9 nitrogen and oxygen atoms in total. The Bertz CT molecular complexity index is 2020. The summed E-state index contributed by atoms with van der Waals surface area (Å²) in [6.45, 7) is 2.46. The van der Waals surface area contributed by atoms with Crippen LogP contribution in [-0.4, -0.2) is 49.4 Å². The van der Waals surface area contributed by atoms with Gasteiger partial charge in [-0.05, 0) is 74.9 Å². The van der Waals surface area contributed by atoms with E-state index in [0.717, 1.165) is 22.9 Å². The third-order valence-corrected chi connectivity index (χ3v) is 10.4. The molecule has 0 spiro atoms. The van der Waals surface area contributed by atoms with Crippen LogP contribution < -0.4 is 10.5 Å². The van der Waals surface area contributed by atoms with Crippen LogP contribution in [0.2, 0.25) is 5.02 Å². The van der Waals surface area contributed by atoms with E-state index in [1.807, 2.05) is 0 Å². The zero-order chi connectivity index (χ0) is 34.3. The number of nitrogens with zero attached hydrogens (tertiary/aromatic N) is 3. The van der Waals surface area contributed by atoms with Gasteiger partial charge >= 0.3 is 0 Å². The molecule has 1 aliphatic rings. The van der Waals surface area contributed by atoms with Crippen LogP contribution in [0.1, 0.15) is 49.7 Å². The summed E-state index contributed by atoms with van der Waals surface area (Å²) in [6, 6.07) is 8.10. The molecule has 1 unspecified atom stereocenters. The van der Waals surface area contributed by atoms with Crippen LogP contribution in [0.15, 0.2) is 42.5 Å². The van der Waals surface area contributed by atoms with Gasteiger partial charge in [-0.2, -0.15) is 5.10 Å². The summed E-state index contributed by atoms with van der Waals surface area (Å²) >= 11 is 4.43. The summed E-state index contributed by atoms with van der Waals surface area (Å²) in [7, 11) is -3.85. The van der Waals surface area contributed by atoms with E-state index in [1.54, 1.807) is 19.9 Å². The predicted molar refractivity (Wildman–Crippen MR) is 173 cm³/mol. The molecule has 250 valence electrons. The average molecular weight is 712 g/mol. The van der Waals surface area contributed by atoms with E-state index in [1.165, 1.54) is 18.2 Å². The van der Waals surface area contributed by atoms with Gasteiger partial charge in [-0.1, -0.05) is 23.6 Å². The number of nitrogens with one attached hydrogen (secondary N) is 1. The molecular formula is C31H30ClF4N5O4S2. The maximum Gasteiger partial charge on any atom is 0.257 e. The van der Waals surface area contributed by atoms with Gasteiger partial charge in [0, 0.05) is 22.6 Å². The third kappa shape index (κ3) is 8.31. The molecule has 5 rings (SSSR count). The number of halogens is 5. The quantitative estimate of drug-likeness (QED) is 0.0979. The van der Waals surface area contributed by atoms with E-state index < -0.39 is 62.4 Å². The molecule has 2 atom stereocenters. The highest BCUT2D eigenvalue weighted by molar-refractivity contribution is 7.93. The van der Waals surface area contributed by atoms with Crippen molar-refractivity contribution in [2.24, 2.45) is 11.1 Å². The molecule has 2 aromatic carbocycles. The van der Waals surface area contributed by atoms with Crippen LogP contribution in [0.5, 0.6) is 0 Å². The number of fused-ring (bicyclic) bond motifs is 1. The van der Waals surface area contributed by atoms with Gasteiger partial charge in [-0.25, -0.2) is 35.2 Å². The lowest BCUT2D eigenvalue weighted by Crippen LogP contribution is -2.18. The number of aromatic nitrogens is 3. The van der Waals surface area contributed by atoms with Gasteiger partial charge in [0.05, 0.1) is 38.7 Å². The highest BCUT2D eigenvalue weighted by Crippen LogP contribution is 2.41. The molecule has 1 aliphatic carbocycles. The summed E-state index contributed by atoms with van der Waals surface area (Å²) in [5, 5.41) is 3.70. The van der Waals surface area contributed by atoms with Gasteiger partial charge < -0.3 is 10.3 Å². The number of sulfonamides is 1. The van der Waals surface area contributed by atoms with Crippen molar-refractivity contribution in [1.29, 1.82) is 0 Å². The number of benzene rings is 2. The molecule has 1 saturated carbocycles. The predicted octanol–water partition coefficient (Wildman–Crippen LogP) is 6.04. The Kier molecular flexibility index (Phi) is 10.0. The van der Waals surface area contributed by atoms with Gasteiger partial charge in [0.2, 0.25) is 10.0 Å². The monoisotopic (exact) mass is 711 g/mol. The molecule has 4 aromatic rings. The van der Waals surface area contributed by atoms with E-state index in [2.05, 4.69) is 26.6 Å². The molecule has 4 N–H and O–H groups in total. The lowest BCUT2D eigenvalue weighted by atomic mass is 9.94. The Morgan fingerprint density at radius 2 is 1.81 bits per heavy atom. The lowest BCUT2D eigenvalue weighted by molar-refractivity contribution is 0.123. The Labute approximate surface area is 276 Å². The van der Waals surface area contributed by atoms with Gasteiger partial charge in [-0.15, -0.1) is 0 Å². The minimum Gasteiger partial charge on any atom is -0.322 e. The van der Waals surface area contributed by atoms with E-state index in [-0.39, 0.29) is 56.4 Å². The van der Waals surface area contributed by atoms with Crippen molar-refractivity contribution in [2.45, 2.75) is 57.4 Å². The van der Waals surface area contributed by atoms with Crippen molar-refractivity contribution >= 4 is 49.4 Å². The van der Waals surface area contributed by atoms with Gasteiger partial charge in [0.15, 0.2) is 16.9 Å². The third-order valence-electron chi connectivity index (χ3n) is 7.31. The first-order valence-electron chi connectivity index (χ1n) is 14.3. The number of anilines is 1. The van der Waals surface area contributed by atoms with Crippen LogP contribution in [0, 0.1) is 28.9 Å². The standard InChI is InChI=1S/C31H30ClF4N5O4S2/c1-31(2,16-46(42)43)10-9-20-3-6-22(28(38-20)25(37)13-17-11-18(33)14-19(34)12-17)23-7-8-24(32)27-29(23)41(15-26(35)36)39-30(27)40-47(44,45)21-4-5-21/h3,6-8,11-12,14,21,25-26H,4-5,13,15-16,37H2,1-2H3,(H,39,40)(H,42,43)/t25-/m0/s1. The molecule has 16 heteroatoms. The van der Waals surface area contributed by atoms with Crippen molar-refractivity contribution in [3.05, 3.63) is 76.1 Å². The summed E-state index contributed by atoms with van der Waals surface area (Å²) in [6.07, 6.45) is -2.04. The van der Waals surface area contributed by atoms with Crippen LogP contribution in [0.25, 0.3) is 22.0 Å². The molecular weight excluding hydrogens is 682 g/mol. The van der Waals surface area contributed by atoms with Crippen molar-refractivity contribution in [3.8, 4) is 23.0 Å². The molecule has 0 radical (unpaired) electrons. The van der Waals surface area contributed by atoms with Crippen molar-refractivity contribution in [2.75, 3.05) is 10.5 Å². The maximum absolute atomic E-state index is 14.0. The minimum absolute atomic E-state index is 0.0535. The second kappa shape index (κ2) is 13.5. The number of hydrogen-bond acceptors (Lipinski definition) is 6. The number of hydrogen-bond donors (Lipinski definition) is 3. The van der Waals surface area contributed by atoms with E-state index in [9.17, 15) is 34.7 Å². The molecule has 1 fully saturated rings. The molecule has 0 amide bonds. The average Bonchev–Trinajstić information content (AvgIpc) is 3.76. The summed E-state index contributed by atoms with van der Waals surface area (Å²) in [4.78, 5) is 4.64. The van der Waals surface area contributed by atoms with Crippen molar-refractivity contribution < 1.29 is 34.7 Å². The van der Waals surface area contributed by atoms with Crippen LogP contribution in [0.4, 0.5) is 23.4 Å². The molecule has 2 aromatic heterocycles. The topological polar surface area (TPSA) is 140 Å². The van der Waals surface area contributed by atoms with Crippen molar-refractivity contribution in [3.63, 3.8) is 0 Å². The van der Waals surface area contributed by atoms with Gasteiger partial charge in [0.1, 0.15) is 23.9 Å². The first-order valence-corrected chi connectivity index (χ1v) is 17.5. The Balaban J connectivity index is 1.70. The Morgan fingerprint density at radius 3 is 2.43 bits per heavy atom. The number of alkyl halides is 2. The fraction of sp³-hybridized carbons (Fsp3) is 0.355. The fourth-order valence-corrected chi connectivity index (χ4v) is 7.41. The number of pyridine rings is 1. The van der Waals surface area contributed by atoms with E-state index in [4.69, 9.17) is 17.3 Å². The second-order valence-corrected chi connectivity index (χ2v) is 15.2. The van der Waals surface area contributed by atoms with Crippen LogP contribution in [0.3, 0.4) is 0 Å². The molecule has 2 heterocycles. The zero-order valence-corrected chi connectivity index (χ0v) is 27.5. The normalized spacial score (nSPS) is 15.0. The van der Waals surface area contributed by atoms with Gasteiger partial charge in [0.25, 0.3) is 6.43 Å². The van der Waals surface area contributed by atoms with Crippen LogP contribution >= 0.6 is 11.6 Å². The molecule has 47 heavy (non-hydrogen) atoms. The van der Waals surface area contributed by atoms with E-state index >= 15 is 0 Å². The first kappa shape index (κ1) is 34.8. The highest BCUT2D eigenvalue weighted by Gasteiger charge is 2.37. The lowest BCUT2D eigenvalue weighted by Gasteiger charge is -2.18. The van der Waals surface area contributed by atoms with E-state index in [0.29, 0.717) is 18.4 Å². The van der Waals surface area contributed by atoms with Gasteiger partial charge in [-0.3, -0.25) is 9.40 Å². The summed E-state index contributed by atoms with van der Waals surface area (Å²) < 4.78 is 105. The highest BCUT2D eigenvalue weighted by atomic mass is 35.5. The molecule has 0 bridgehead atoms. The van der Waals surface area contributed by atoms with Crippen molar-refractivity contribution in [1.82, 2.24) is 14.8 Å². The zero-order valence-electron chi connectivity index (χ0n) is 25.1. The second-order valence-electron chi connectivity index (χ2n) is 11.9.